The number of nitrogens with zero attached hydrogens (tertiary/aromatic N) is 2. The molecule has 11 heteroatoms. The van der Waals surface area contributed by atoms with Crippen molar-refractivity contribution in [2.45, 2.75) is 5.92 Å². The summed E-state index contributed by atoms with van der Waals surface area (Å²) in [6.45, 7) is 0.406. The van der Waals surface area contributed by atoms with Crippen LogP contribution in [0.15, 0.2) is 48.5 Å². The lowest BCUT2D eigenvalue weighted by Gasteiger charge is -2.32. The summed E-state index contributed by atoms with van der Waals surface area (Å²) in [6, 6.07) is 14.6. The number of carbonyl (C=O) groups excluding carboxylic acids is 1. The minimum atomic E-state index is -3.63. The van der Waals surface area contributed by atoms with Crippen LogP contribution in [-0.2, 0) is 24.8 Å². The third-order valence-electron chi connectivity index (χ3n) is 5.66. The second kappa shape index (κ2) is 8.81. The highest BCUT2D eigenvalue weighted by Crippen LogP contribution is 2.43. The van der Waals surface area contributed by atoms with Crippen LogP contribution in [0, 0.1) is 0 Å². The van der Waals surface area contributed by atoms with Gasteiger partial charge in [0.2, 0.25) is 26.0 Å². The highest BCUT2D eigenvalue weighted by atomic mass is 32.2. The molecule has 1 fully saturated rings. The minimum Gasteiger partial charge on any atom is -0.457 e. The highest BCUT2D eigenvalue weighted by Gasteiger charge is 2.33. The Morgan fingerprint density at radius 1 is 0.906 bits per heavy atom. The van der Waals surface area contributed by atoms with Crippen molar-refractivity contribution >= 4 is 26.0 Å². The summed E-state index contributed by atoms with van der Waals surface area (Å²) < 4.78 is 57.0. The van der Waals surface area contributed by atoms with Crippen molar-refractivity contribution < 1.29 is 26.4 Å². The van der Waals surface area contributed by atoms with Gasteiger partial charge in [-0.15, -0.1) is 0 Å². The van der Waals surface area contributed by atoms with Crippen LogP contribution in [0.25, 0.3) is 0 Å². The average molecular weight is 480 g/mol. The fourth-order valence-corrected chi connectivity index (χ4v) is 6.17. The van der Waals surface area contributed by atoms with Crippen LogP contribution >= 0.6 is 0 Å². The standard InChI is InChI=1S/C21H25N3O6S2/c1-31(26,27)23-11-13-24(14-12-23)32(28,29)15-10-22-21(25)20-16-6-2-4-8-18(16)30-19-9-5-3-7-17(19)20/h2-9,20H,10-15H2,1H3,(H,22,25). The number of ether oxygens (including phenoxy) is 1. The first-order valence-electron chi connectivity index (χ1n) is 10.2. The number of nitrogens with one attached hydrogen (secondary N) is 1. The van der Waals surface area contributed by atoms with E-state index < -0.39 is 26.0 Å². The maximum absolute atomic E-state index is 13.1. The van der Waals surface area contributed by atoms with Gasteiger partial charge in [-0.1, -0.05) is 36.4 Å². The summed E-state index contributed by atoms with van der Waals surface area (Å²) in [6.07, 6.45) is 1.11. The molecule has 4 rings (SSSR count). The number of piperazine rings is 1. The maximum Gasteiger partial charge on any atom is 0.232 e. The lowest BCUT2D eigenvalue weighted by Crippen LogP contribution is -2.51. The molecule has 1 N–H and O–H groups in total. The van der Waals surface area contributed by atoms with Gasteiger partial charge in [-0.2, -0.15) is 8.61 Å². The van der Waals surface area contributed by atoms with E-state index in [1.807, 2.05) is 36.4 Å². The molecule has 9 nitrogen and oxygen atoms in total. The van der Waals surface area contributed by atoms with Crippen molar-refractivity contribution in [1.82, 2.24) is 13.9 Å². The molecule has 0 aliphatic carbocycles. The third-order valence-corrected chi connectivity index (χ3v) is 8.84. The highest BCUT2D eigenvalue weighted by molar-refractivity contribution is 7.89. The molecule has 0 unspecified atom stereocenters. The molecule has 1 saturated heterocycles. The molecule has 2 aliphatic heterocycles. The van der Waals surface area contributed by atoms with Gasteiger partial charge < -0.3 is 10.1 Å². The van der Waals surface area contributed by atoms with Gasteiger partial charge in [0.15, 0.2) is 0 Å². The van der Waals surface area contributed by atoms with Gasteiger partial charge in [0.25, 0.3) is 0 Å². The van der Waals surface area contributed by atoms with Crippen LogP contribution in [0.4, 0.5) is 0 Å². The number of benzene rings is 2. The summed E-state index contributed by atoms with van der Waals surface area (Å²) in [5.41, 5.74) is 1.45. The van der Waals surface area contributed by atoms with E-state index in [-0.39, 0.29) is 44.4 Å². The predicted octanol–water partition coefficient (Wildman–Crippen LogP) is 0.947. The molecule has 2 aromatic rings. The van der Waals surface area contributed by atoms with E-state index in [2.05, 4.69) is 5.32 Å². The molecule has 0 spiro atoms. The van der Waals surface area contributed by atoms with E-state index in [1.165, 1.54) is 8.61 Å². The van der Waals surface area contributed by atoms with Gasteiger partial charge >= 0.3 is 0 Å². The average Bonchev–Trinajstić information content (AvgIpc) is 2.76. The molecule has 172 valence electrons. The zero-order valence-corrected chi connectivity index (χ0v) is 19.2. The van der Waals surface area contributed by atoms with E-state index in [1.54, 1.807) is 12.1 Å². The molecule has 1 amide bonds. The van der Waals surface area contributed by atoms with E-state index in [9.17, 15) is 21.6 Å². The Morgan fingerprint density at radius 2 is 1.41 bits per heavy atom. The smallest absolute Gasteiger partial charge is 0.232 e. The van der Waals surface area contributed by atoms with Crippen molar-refractivity contribution in [2.24, 2.45) is 0 Å². The predicted molar refractivity (Wildman–Crippen MR) is 120 cm³/mol. The fourth-order valence-electron chi connectivity index (χ4n) is 4.01. The molecule has 2 aliphatic rings. The Kier molecular flexibility index (Phi) is 6.26. The van der Waals surface area contributed by atoms with Crippen LogP contribution in [0.2, 0.25) is 0 Å². The first-order chi connectivity index (χ1) is 15.2. The van der Waals surface area contributed by atoms with E-state index >= 15 is 0 Å². The topological polar surface area (TPSA) is 113 Å². The number of para-hydroxylation sites is 2. The zero-order chi connectivity index (χ0) is 22.9. The molecule has 0 radical (unpaired) electrons. The van der Waals surface area contributed by atoms with Crippen molar-refractivity contribution in [2.75, 3.05) is 44.7 Å². The van der Waals surface area contributed by atoms with Gasteiger partial charge in [-0.25, -0.2) is 16.8 Å². The number of rotatable bonds is 6. The number of amides is 1. The number of sulfonamides is 2. The summed E-state index contributed by atoms with van der Waals surface area (Å²) in [7, 11) is -6.97. The number of hydrogen-bond donors (Lipinski definition) is 1. The summed E-state index contributed by atoms with van der Waals surface area (Å²) in [5.74, 6) is 0.0392. The van der Waals surface area contributed by atoms with Crippen LogP contribution in [0.3, 0.4) is 0 Å². The normalized spacial score (nSPS) is 17.8. The fraction of sp³-hybridized carbons (Fsp3) is 0.381. The van der Waals surface area contributed by atoms with E-state index in [0.29, 0.717) is 11.5 Å². The molecule has 32 heavy (non-hydrogen) atoms. The van der Waals surface area contributed by atoms with Crippen LogP contribution in [0.5, 0.6) is 11.5 Å². The number of carbonyl (C=O) groups is 1. The Balaban J connectivity index is 1.41. The van der Waals surface area contributed by atoms with Crippen molar-refractivity contribution in [3.8, 4) is 11.5 Å². The van der Waals surface area contributed by atoms with Gasteiger partial charge in [-0.3, -0.25) is 4.79 Å². The first-order valence-corrected chi connectivity index (χ1v) is 13.7. The number of hydrogen-bond acceptors (Lipinski definition) is 6. The second-order valence-corrected chi connectivity index (χ2v) is 11.8. The second-order valence-electron chi connectivity index (χ2n) is 7.78. The van der Waals surface area contributed by atoms with Crippen molar-refractivity contribution in [1.29, 1.82) is 0 Å². The summed E-state index contributed by atoms with van der Waals surface area (Å²) >= 11 is 0. The van der Waals surface area contributed by atoms with Crippen molar-refractivity contribution in [3.05, 3.63) is 59.7 Å². The van der Waals surface area contributed by atoms with Crippen LogP contribution in [0.1, 0.15) is 17.0 Å². The molecular weight excluding hydrogens is 454 g/mol. The van der Waals surface area contributed by atoms with Gasteiger partial charge in [-0.05, 0) is 12.1 Å². The van der Waals surface area contributed by atoms with Gasteiger partial charge in [0.1, 0.15) is 11.5 Å². The minimum absolute atomic E-state index is 0.0465. The molecule has 2 heterocycles. The largest absolute Gasteiger partial charge is 0.457 e. The Bertz CT molecular complexity index is 1180. The first kappa shape index (κ1) is 22.7. The van der Waals surface area contributed by atoms with Gasteiger partial charge in [0.05, 0.1) is 17.9 Å². The lowest BCUT2D eigenvalue weighted by atomic mass is 9.87. The molecular formula is C21H25N3O6S2. The SMILES string of the molecule is CS(=O)(=O)N1CCN(S(=O)(=O)CCNC(=O)C2c3ccccc3Oc3ccccc32)CC1. The molecule has 0 atom stereocenters. The van der Waals surface area contributed by atoms with E-state index in [4.69, 9.17) is 4.74 Å². The summed E-state index contributed by atoms with van der Waals surface area (Å²) in [5, 5.41) is 2.76. The monoisotopic (exact) mass is 479 g/mol. The van der Waals surface area contributed by atoms with Gasteiger partial charge in [0, 0.05) is 43.9 Å². The quantitative estimate of drug-likeness (QED) is 0.660. The summed E-state index contributed by atoms with van der Waals surface area (Å²) in [4.78, 5) is 13.1. The maximum atomic E-state index is 13.1. The lowest BCUT2D eigenvalue weighted by molar-refractivity contribution is -0.121. The number of fused-ring (bicyclic) bond motifs is 2. The third kappa shape index (κ3) is 4.65. The van der Waals surface area contributed by atoms with Crippen LogP contribution < -0.4 is 10.1 Å². The molecule has 0 saturated carbocycles. The Morgan fingerprint density at radius 3 is 1.94 bits per heavy atom. The zero-order valence-electron chi connectivity index (χ0n) is 17.6. The molecule has 0 bridgehead atoms. The van der Waals surface area contributed by atoms with Crippen molar-refractivity contribution in [3.63, 3.8) is 0 Å². The Hall–Kier alpha value is -2.47. The molecule has 0 aromatic heterocycles. The van der Waals surface area contributed by atoms with Crippen LogP contribution in [-0.4, -0.2) is 76.1 Å². The van der Waals surface area contributed by atoms with E-state index in [0.717, 1.165) is 17.4 Å². The Labute approximate surface area is 188 Å². The molecule has 2 aromatic carbocycles.